The minimum Gasteiger partial charge on any atom is -0.497 e. The van der Waals surface area contributed by atoms with Gasteiger partial charge in [-0.2, -0.15) is 0 Å². The van der Waals surface area contributed by atoms with Gasteiger partial charge in [0.25, 0.3) is 5.91 Å². The maximum absolute atomic E-state index is 12.1. The molecule has 148 valence electrons. The van der Waals surface area contributed by atoms with Crippen molar-refractivity contribution in [2.24, 2.45) is 11.8 Å². The molecule has 2 rings (SSSR count). The molecule has 1 aromatic rings. The first-order chi connectivity index (χ1) is 12.9. The fourth-order valence-electron chi connectivity index (χ4n) is 3.31. The summed E-state index contributed by atoms with van der Waals surface area (Å²) in [5.41, 5.74) is 0.734. The van der Waals surface area contributed by atoms with Crippen LogP contribution in [0.2, 0.25) is 0 Å². The predicted octanol–water partition coefficient (Wildman–Crippen LogP) is 3.20. The van der Waals surface area contributed by atoms with Crippen molar-refractivity contribution in [3.8, 4) is 11.5 Å². The van der Waals surface area contributed by atoms with Crippen LogP contribution in [0.3, 0.4) is 0 Å². The minimum atomic E-state index is -0.572. The van der Waals surface area contributed by atoms with Crippen LogP contribution in [0, 0.1) is 11.8 Å². The second-order valence-electron chi connectivity index (χ2n) is 7.03. The van der Waals surface area contributed by atoms with Crippen LogP contribution >= 0.6 is 0 Å². The number of nitrogens with one attached hydrogen (secondary N) is 1. The smallest absolute Gasteiger partial charge is 0.331 e. The van der Waals surface area contributed by atoms with Crippen LogP contribution in [0.15, 0.2) is 24.3 Å². The average molecular weight is 375 g/mol. The predicted molar refractivity (Wildman–Crippen MR) is 104 cm³/mol. The topological polar surface area (TPSA) is 73.9 Å². The van der Waals surface area contributed by atoms with E-state index in [0.717, 1.165) is 18.4 Å². The molecule has 0 aliphatic heterocycles. The zero-order chi connectivity index (χ0) is 19.8. The van der Waals surface area contributed by atoms with Crippen LogP contribution in [-0.2, 0) is 14.3 Å². The van der Waals surface area contributed by atoms with E-state index in [0.29, 0.717) is 23.3 Å². The molecule has 1 N–H and O–H groups in total. The van der Waals surface area contributed by atoms with Gasteiger partial charge in [0.05, 0.1) is 14.2 Å². The summed E-state index contributed by atoms with van der Waals surface area (Å²) in [6, 6.07) is 5.43. The Labute approximate surface area is 160 Å². The Hall–Kier alpha value is -2.50. The number of benzene rings is 1. The van der Waals surface area contributed by atoms with Gasteiger partial charge in [-0.1, -0.05) is 26.7 Å². The third kappa shape index (κ3) is 6.31. The van der Waals surface area contributed by atoms with E-state index in [-0.39, 0.29) is 18.6 Å². The molecule has 0 spiro atoms. The molecule has 3 atom stereocenters. The molecule has 0 heterocycles. The molecule has 6 heteroatoms. The highest BCUT2D eigenvalue weighted by molar-refractivity contribution is 5.89. The lowest BCUT2D eigenvalue weighted by Crippen LogP contribution is -2.45. The fraction of sp³-hybridized carbons (Fsp3) is 0.524. The summed E-state index contributed by atoms with van der Waals surface area (Å²) in [7, 11) is 3.12. The molecule has 1 fully saturated rings. The highest BCUT2D eigenvalue weighted by Gasteiger charge is 2.28. The van der Waals surface area contributed by atoms with E-state index in [4.69, 9.17) is 14.2 Å². The summed E-state index contributed by atoms with van der Waals surface area (Å²) >= 11 is 0. The number of esters is 1. The Morgan fingerprint density at radius 3 is 2.41 bits per heavy atom. The van der Waals surface area contributed by atoms with Gasteiger partial charge >= 0.3 is 5.97 Å². The molecular weight excluding hydrogens is 346 g/mol. The molecule has 1 aliphatic rings. The van der Waals surface area contributed by atoms with E-state index in [2.05, 4.69) is 19.2 Å². The van der Waals surface area contributed by atoms with Crippen molar-refractivity contribution in [3.05, 3.63) is 29.8 Å². The highest BCUT2D eigenvalue weighted by atomic mass is 16.5. The number of carbonyl (C=O) groups is 2. The molecule has 0 unspecified atom stereocenters. The Morgan fingerprint density at radius 1 is 1.11 bits per heavy atom. The van der Waals surface area contributed by atoms with Crippen molar-refractivity contribution in [1.82, 2.24) is 5.32 Å². The molecule has 1 aliphatic carbocycles. The quantitative estimate of drug-likeness (QED) is 0.585. The van der Waals surface area contributed by atoms with Crippen LogP contribution in [0.4, 0.5) is 0 Å². The van der Waals surface area contributed by atoms with Gasteiger partial charge < -0.3 is 19.5 Å². The maximum atomic E-state index is 12.1. The lowest BCUT2D eigenvalue weighted by molar-refractivity contribution is -0.144. The molecule has 0 aromatic heterocycles. The van der Waals surface area contributed by atoms with Crippen molar-refractivity contribution in [2.45, 2.75) is 39.2 Å². The van der Waals surface area contributed by atoms with Crippen molar-refractivity contribution >= 4 is 18.0 Å². The van der Waals surface area contributed by atoms with Crippen molar-refractivity contribution in [2.75, 3.05) is 20.8 Å². The van der Waals surface area contributed by atoms with Crippen molar-refractivity contribution < 1.29 is 23.8 Å². The van der Waals surface area contributed by atoms with Crippen LogP contribution in [0.5, 0.6) is 11.5 Å². The molecule has 0 bridgehead atoms. The largest absolute Gasteiger partial charge is 0.497 e. The third-order valence-electron chi connectivity index (χ3n) is 5.18. The lowest BCUT2D eigenvalue weighted by Gasteiger charge is -2.34. The number of hydrogen-bond acceptors (Lipinski definition) is 5. The Kier molecular flexibility index (Phi) is 7.70. The third-order valence-corrected chi connectivity index (χ3v) is 5.18. The molecule has 1 aromatic carbocycles. The number of methoxy groups -OCH3 is 2. The first-order valence-corrected chi connectivity index (χ1v) is 9.30. The molecule has 1 saturated carbocycles. The molecule has 27 heavy (non-hydrogen) atoms. The van der Waals surface area contributed by atoms with E-state index in [1.54, 1.807) is 38.5 Å². The summed E-state index contributed by atoms with van der Waals surface area (Å²) in [4.78, 5) is 24.0. The average Bonchev–Trinajstić information content (AvgIpc) is 2.68. The maximum Gasteiger partial charge on any atom is 0.331 e. The molecule has 0 saturated heterocycles. The number of rotatable bonds is 7. The molecular formula is C21H29NO5. The normalized spacial score (nSPS) is 22.3. The van der Waals surface area contributed by atoms with Gasteiger partial charge in [0.15, 0.2) is 6.61 Å². The fourth-order valence-corrected chi connectivity index (χ4v) is 3.31. The van der Waals surface area contributed by atoms with Crippen LogP contribution in [0.25, 0.3) is 6.08 Å². The van der Waals surface area contributed by atoms with Crippen LogP contribution < -0.4 is 14.8 Å². The number of hydrogen-bond donors (Lipinski definition) is 1. The van der Waals surface area contributed by atoms with Gasteiger partial charge in [-0.25, -0.2) is 4.79 Å². The van der Waals surface area contributed by atoms with E-state index in [9.17, 15) is 9.59 Å². The first kappa shape index (κ1) is 20.8. The molecule has 6 nitrogen and oxygen atoms in total. The first-order valence-electron chi connectivity index (χ1n) is 9.30. The zero-order valence-electron chi connectivity index (χ0n) is 16.5. The monoisotopic (exact) mass is 375 g/mol. The second kappa shape index (κ2) is 10.00. The standard InChI is InChI=1S/C21H29NO5/c1-14-6-5-7-19(15(14)2)22-20(23)13-27-21(24)9-8-16-10-17(25-3)12-18(11-16)26-4/h8-12,14-15,19H,5-7,13H2,1-4H3,(H,22,23)/b9-8+/t14-,15+,19-/m1/s1. The number of amides is 1. The number of carbonyl (C=O) groups excluding carboxylic acids is 2. The minimum absolute atomic E-state index is 0.153. The van der Waals surface area contributed by atoms with E-state index in [1.165, 1.54) is 12.5 Å². The summed E-state index contributed by atoms with van der Waals surface area (Å²) in [6.07, 6.45) is 6.16. The number of ether oxygens (including phenoxy) is 3. The van der Waals surface area contributed by atoms with E-state index < -0.39 is 5.97 Å². The van der Waals surface area contributed by atoms with Gasteiger partial charge in [0.2, 0.25) is 0 Å². The second-order valence-corrected chi connectivity index (χ2v) is 7.03. The molecule has 1 amide bonds. The van der Waals surface area contributed by atoms with Gasteiger partial charge in [-0.3, -0.25) is 4.79 Å². The van der Waals surface area contributed by atoms with Gasteiger partial charge in [0.1, 0.15) is 11.5 Å². The zero-order valence-corrected chi connectivity index (χ0v) is 16.5. The van der Waals surface area contributed by atoms with Gasteiger partial charge in [-0.15, -0.1) is 0 Å². The van der Waals surface area contributed by atoms with Crippen LogP contribution in [-0.4, -0.2) is 38.7 Å². The summed E-state index contributed by atoms with van der Waals surface area (Å²) in [6.45, 7) is 4.09. The Morgan fingerprint density at radius 2 is 1.78 bits per heavy atom. The Bertz CT molecular complexity index is 663. The summed E-state index contributed by atoms with van der Waals surface area (Å²) in [5.74, 6) is 1.44. The van der Waals surface area contributed by atoms with Crippen LogP contribution in [0.1, 0.15) is 38.7 Å². The highest BCUT2D eigenvalue weighted by Crippen LogP contribution is 2.29. The summed E-state index contributed by atoms with van der Waals surface area (Å²) < 4.78 is 15.4. The van der Waals surface area contributed by atoms with E-state index in [1.807, 2.05) is 0 Å². The summed E-state index contributed by atoms with van der Waals surface area (Å²) in [5, 5.41) is 2.99. The lowest BCUT2D eigenvalue weighted by atomic mass is 9.78. The SMILES string of the molecule is COc1cc(/C=C/C(=O)OCC(=O)N[C@@H]2CCC[C@@H](C)[C@@H]2C)cc(OC)c1. The Balaban J connectivity index is 1.83. The van der Waals surface area contributed by atoms with Crippen molar-refractivity contribution in [3.63, 3.8) is 0 Å². The van der Waals surface area contributed by atoms with E-state index >= 15 is 0 Å². The van der Waals surface area contributed by atoms with Gasteiger partial charge in [0, 0.05) is 18.2 Å². The molecule has 0 radical (unpaired) electrons. The van der Waals surface area contributed by atoms with Crippen molar-refractivity contribution in [1.29, 1.82) is 0 Å². The van der Waals surface area contributed by atoms with Gasteiger partial charge in [-0.05, 0) is 42.0 Å².